The van der Waals surface area contributed by atoms with Crippen molar-refractivity contribution in [2.75, 3.05) is 34.8 Å². The third kappa shape index (κ3) is 5.05. The maximum Gasteiger partial charge on any atom is 0.274 e. The molecule has 0 saturated carbocycles. The lowest BCUT2D eigenvalue weighted by atomic mass is 10.1. The molecule has 35 heavy (non-hydrogen) atoms. The number of carbonyl (C=O) groups is 1. The number of carbonyl (C=O) groups excluding carboxylic acids is 1. The zero-order valence-electron chi connectivity index (χ0n) is 21.0. The SMILES string of the molecule is Cc1c(CCOc2cc(F)ccc2-c2ccc3ncc(CN(C)C)n3c2)c(C(=O)N(C)C)nn1C. The van der Waals surface area contributed by atoms with E-state index in [2.05, 4.69) is 15.0 Å². The summed E-state index contributed by atoms with van der Waals surface area (Å²) in [5.74, 6) is -0.0836. The van der Waals surface area contributed by atoms with Gasteiger partial charge in [-0.15, -0.1) is 0 Å². The summed E-state index contributed by atoms with van der Waals surface area (Å²) in [6.07, 6.45) is 4.34. The van der Waals surface area contributed by atoms with Gasteiger partial charge in [0.15, 0.2) is 5.69 Å². The predicted octanol–water partition coefficient (Wildman–Crippen LogP) is 3.57. The number of aryl methyl sites for hydroxylation is 1. The molecule has 0 aliphatic rings. The fraction of sp³-hybridized carbons (Fsp3) is 0.346. The first-order valence-corrected chi connectivity index (χ1v) is 11.4. The number of pyridine rings is 1. The van der Waals surface area contributed by atoms with Gasteiger partial charge < -0.3 is 18.9 Å². The van der Waals surface area contributed by atoms with Crippen LogP contribution in [0.5, 0.6) is 5.75 Å². The predicted molar refractivity (Wildman–Crippen MR) is 133 cm³/mol. The highest BCUT2D eigenvalue weighted by molar-refractivity contribution is 5.93. The number of ether oxygens (including phenoxy) is 1. The normalized spacial score (nSPS) is 11.4. The van der Waals surface area contributed by atoms with Gasteiger partial charge in [-0.2, -0.15) is 5.10 Å². The number of rotatable bonds is 8. The minimum absolute atomic E-state index is 0.155. The number of halogens is 1. The molecule has 1 amide bonds. The van der Waals surface area contributed by atoms with E-state index < -0.39 is 0 Å². The number of aromatic nitrogens is 4. The Morgan fingerprint density at radius 2 is 1.91 bits per heavy atom. The molecule has 8 nitrogen and oxygen atoms in total. The molecule has 4 rings (SSSR count). The number of hydrogen-bond acceptors (Lipinski definition) is 5. The summed E-state index contributed by atoms with van der Waals surface area (Å²) >= 11 is 0. The summed E-state index contributed by atoms with van der Waals surface area (Å²) in [7, 11) is 9.24. The molecule has 0 N–H and O–H groups in total. The summed E-state index contributed by atoms with van der Waals surface area (Å²) in [5, 5.41) is 4.39. The van der Waals surface area contributed by atoms with Crippen molar-refractivity contribution >= 4 is 11.6 Å². The maximum atomic E-state index is 14.2. The molecule has 1 aromatic carbocycles. The third-order valence-corrected chi connectivity index (χ3v) is 5.99. The van der Waals surface area contributed by atoms with E-state index in [0.29, 0.717) is 17.9 Å². The smallest absolute Gasteiger partial charge is 0.274 e. The van der Waals surface area contributed by atoms with Gasteiger partial charge in [-0.3, -0.25) is 9.48 Å². The molecular weight excluding hydrogens is 447 g/mol. The summed E-state index contributed by atoms with van der Waals surface area (Å²) in [6, 6.07) is 8.46. The molecule has 0 aliphatic carbocycles. The van der Waals surface area contributed by atoms with E-state index in [4.69, 9.17) is 4.74 Å². The fourth-order valence-electron chi connectivity index (χ4n) is 4.08. The quantitative estimate of drug-likeness (QED) is 0.387. The second kappa shape index (κ2) is 9.87. The third-order valence-electron chi connectivity index (χ3n) is 5.99. The van der Waals surface area contributed by atoms with Crippen LogP contribution in [-0.4, -0.2) is 69.7 Å². The Morgan fingerprint density at radius 3 is 2.63 bits per heavy atom. The van der Waals surface area contributed by atoms with E-state index in [9.17, 15) is 9.18 Å². The van der Waals surface area contributed by atoms with Crippen LogP contribution in [0.1, 0.15) is 27.4 Å². The number of hydrogen-bond donors (Lipinski definition) is 0. The monoisotopic (exact) mass is 478 g/mol. The van der Waals surface area contributed by atoms with Gasteiger partial charge in [0.1, 0.15) is 17.2 Å². The number of imidazole rings is 1. The Balaban J connectivity index is 1.61. The molecule has 0 fully saturated rings. The first-order chi connectivity index (χ1) is 16.7. The molecule has 0 saturated heterocycles. The van der Waals surface area contributed by atoms with Gasteiger partial charge in [-0.25, -0.2) is 9.37 Å². The van der Waals surface area contributed by atoms with Crippen LogP contribution in [-0.2, 0) is 20.0 Å². The first kappa shape index (κ1) is 24.4. The van der Waals surface area contributed by atoms with E-state index in [0.717, 1.165) is 40.3 Å². The summed E-state index contributed by atoms with van der Waals surface area (Å²) in [6.45, 7) is 2.94. The second-order valence-corrected chi connectivity index (χ2v) is 9.11. The van der Waals surface area contributed by atoms with Crippen LogP contribution in [0.4, 0.5) is 4.39 Å². The largest absolute Gasteiger partial charge is 0.492 e. The average molecular weight is 479 g/mol. The van der Waals surface area contributed by atoms with E-state index in [-0.39, 0.29) is 18.3 Å². The maximum absolute atomic E-state index is 14.2. The molecule has 0 radical (unpaired) electrons. The topological polar surface area (TPSA) is 67.9 Å². The number of fused-ring (bicyclic) bond motifs is 1. The van der Waals surface area contributed by atoms with E-state index in [1.807, 2.05) is 57.0 Å². The Labute approximate surface area is 204 Å². The molecule has 4 aromatic rings. The number of benzene rings is 1. The zero-order chi connectivity index (χ0) is 25.3. The molecule has 184 valence electrons. The van der Waals surface area contributed by atoms with Crippen molar-refractivity contribution in [1.29, 1.82) is 0 Å². The van der Waals surface area contributed by atoms with Crippen LogP contribution >= 0.6 is 0 Å². The van der Waals surface area contributed by atoms with Crippen molar-refractivity contribution in [3.63, 3.8) is 0 Å². The van der Waals surface area contributed by atoms with Crippen molar-refractivity contribution in [2.45, 2.75) is 19.9 Å². The molecule has 3 heterocycles. The average Bonchev–Trinajstić information content (AvgIpc) is 3.33. The minimum Gasteiger partial charge on any atom is -0.492 e. The minimum atomic E-state index is -0.373. The fourth-order valence-corrected chi connectivity index (χ4v) is 4.08. The molecule has 0 aliphatic heterocycles. The van der Waals surface area contributed by atoms with Crippen LogP contribution in [0.2, 0.25) is 0 Å². The standard InChI is InChI=1S/C26H31FN6O2/c1-17-21(25(29-32(17)6)26(34)31(4)5)11-12-35-23-13-19(27)8-9-22(23)18-7-10-24-28-14-20(16-30(2)3)33(24)15-18/h7-10,13-15H,11-12,16H2,1-6H3. The van der Waals surface area contributed by atoms with Gasteiger partial charge in [0.25, 0.3) is 5.91 Å². The van der Waals surface area contributed by atoms with Gasteiger partial charge in [0.05, 0.1) is 18.5 Å². The van der Waals surface area contributed by atoms with Crippen molar-refractivity contribution < 1.29 is 13.9 Å². The van der Waals surface area contributed by atoms with E-state index >= 15 is 0 Å². The van der Waals surface area contributed by atoms with Crippen molar-refractivity contribution in [1.82, 2.24) is 29.0 Å². The van der Waals surface area contributed by atoms with Gasteiger partial charge in [-0.05, 0) is 45.3 Å². The molecule has 0 spiro atoms. The molecule has 0 bridgehead atoms. The lowest BCUT2D eigenvalue weighted by molar-refractivity contribution is 0.0820. The highest BCUT2D eigenvalue weighted by Crippen LogP contribution is 2.32. The highest BCUT2D eigenvalue weighted by Gasteiger charge is 2.21. The molecule has 9 heteroatoms. The summed E-state index contributed by atoms with van der Waals surface area (Å²) in [4.78, 5) is 20.6. The van der Waals surface area contributed by atoms with Crippen molar-refractivity contribution in [2.24, 2.45) is 7.05 Å². The van der Waals surface area contributed by atoms with Gasteiger partial charge in [-0.1, -0.05) is 0 Å². The highest BCUT2D eigenvalue weighted by atomic mass is 19.1. The molecule has 3 aromatic heterocycles. The summed E-state index contributed by atoms with van der Waals surface area (Å²) < 4.78 is 24.0. The van der Waals surface area contributed by atoms with Crippen LogP contribution in [0.25, 0.3) is 16.8 Å². The molecule has 0 unspecified atom stereocenters. The Hall–Kier alpha value is -3.72. The zero-order valence-corrected chi connectivity index (χ0v) is 21.0. The van der Waals surface area contributed by atoms with Crippen LogP contribution in [0.3, 0.4) is 0 Å². The second-order valence-electron chi connectivity index (χ2n) is 9.11. The lowest BCUT2D eigenvalue weighted by Crippen LogP contribution is -2.23. The molecular formula is C26H31FN6O2. The molecule has 0 atom stereocenters. The van der Waals surface area contributed by atoms with E-state index in [1.165, 1.54) is 17.0 Å². The first-order valence-electron chi connectivity index (χ1n) is 11.4. The van der Waals surface area contributed by atoms with Crippen LogP contribution in [0, 0.1) is 12.7 Å². The Kier molecular flexibility index (Phi) is 6.88. The van der Waals surface area contributed by atoms with Gasteiger partial charge >= 0.3 is 0 Å². The van der Waals surface area contributed by atoms with Crippen LogP contribution in [0.15, 0.2) is 42.7 Å². The van der Waals surface area contributed by atoms with Crippen molar-refractivity contribution in [3.8, 4) is 16.9 Å². The van der Waals surface area contributed by atoms with Crippen LogP contribution < -0.4 is 4.74 Å². The van der Waals surface area contributed by atoms with Gasteiger partial charge in [0, 0.05) is 68.8 Å². The van der Waals surface area contributed by atoms with E-state index in [1.54, 1.807) is 24.8 Å². The Bertz CT molecular complexity index is 1370. The summed E-state index contributed by atoms with van der Waals surface area (Å²) in [5.41, 5.74) is 5.73. The van der Waals surface area contributed by atoms with Gasteiger partial charge in [0.2, 0.25) is 0 Å². The number of nitrogens with zero attached hydrogens (tertiary/aromatic N) is 6. The Morgan fingerprint density at radius 1 is 1.14 bits per heavy atom. The van der Waals surface area contributed by atoms with Crippen molar-refractivity contribution in [3.05, 3.63) is 71.2 Å². The number of amides is 1. The lowest BCUT2D eigenvalue weighted by Gasteiger charge is -2.14.